The molecule has 0 aromatic rings. The van der Waals surface area contributed by atoms with Gasteiger partial charge in [-0.15, -0.1) is 0 Å². The van der Waals surface area contributed by atoms with Crippen LogP contribution in [0, 0.1) is 0 Å². The monoisotopic (exact) mass is 301 g/mol. The summed E-state index contributed by atoms with van der Waals surface area (Å²) >= 11 is 3.67. The van der Waals surface area contributed by atoms with Crippen LogP contribution in [0.25, 0.3) is 0 Å². The van der Waals surface area contributed by atoms with Gasteiger partial charge in [0.1, 0.15) is 0 Å². The molecule has 17 heavy (non-hydrogen) atoms. The molecular weight excluding hydrogens is 282 g/mol. The smallest absolute Gasteiger partial charge is 0.0810 e. The van der Waals surface area contributed by atoms with Crippen molar-refractivity contribution in [3.05, 3.63) is 22.3 Å². The first kappa shape index (κ1) is 13.1. The Morgan fingerprint density at radius 2 is 2.24 bits per heavy atom. The lowest BCUT2D eigenvalue weighted by atomic mass is 10.0. The Kier molecular flexibility index (Phi) is 4.65. The van der Waals surface area contributed by atoms with Crippen LogP contribution in [-0.2, 0) is 9.47 Å². The van der Waals surface area contributed by atoms with E-state index in [0.717, 1.165) is 32.7 Å². The molecule has 2 heterocycles. The molecule has 0 aliphatic carbocycles. The molecule has 0 radical (unpaired) electrons. The second-order valence-corrected chi connectivity index (χ2v) is 5.64. The van der Waals surface area contributed by atoms with Crippen molar-refractivity contribution in [2.75, 3.05) is 26.9 Å². The number of ether oxygens (including phenoxy) is 2. The zero-order valence-corrected chi connectivity index (χ0v) is 12.1. The van der Waals surface area contributed by atoms with E-state index < -0.39 is 0 Å². The van der Waals surface area contributed by atoms with Gasteiger partial charge in [-0.3, -0.25) is 0 Å². The number of likely N-dealkylation sites (N-methyl/N-ethyl adjacent to an activating group) is 1. The zero-order chi connectivity index (χ0) is 12.3. The Morgan fingerprint density at radius 3 is 2.88 bits per heavy atom. The third kappa shape index (κ3) is 3.57. The van der Waals surface area contributed by atoms with Crippen LogP contribution in [0.5, 0.6) is 0 Å². The fourth-order valence-corrected chi connectivity index (χ4v) is 3.26. The molecule has 2 aliphatic heterocycles. The topological polar surface area (TPSA) is 21.7 Å². The molecule has 1 saturated heterocycles. The number of halogens is 1. The van der Waals surface area contributed by atoms with Crippen LogP contribution in [0.1, 0.15) is 19.8 Å². The minimum absolute atomic E-state index is 0.268. The van der Waals surface area contributed by atoms with E-state index in [1.807, 2.05) is 0 Å². The normalized spacial score (nSPS) is 29.9. The summed E-state index contributed by atoms with van der Waals surface area (Å²) in [7, 11) is 2.13. The number of hydrogen-bond donors (Lipinski definition) is 0. The molecule has 0 aromatic heterocycles. The Hall–Kier alpha value is -0.320. The average Bonchev–Trinajstić information content (AvgIpc) is 2.29. The molecule has 2 atom stereocenters. The van der Waals surface area contributed by atoms with E-state index in [9.17, 15) is 0 Å². The quantitative estimate of drug-likeness (QED) is 0.800. The fourth-order valence-electron chi connectivity index (χ4n) is 2.35. The Balaban J connectivity index is 1.84. The highest BCUT2D eigenvalue weighted by Crippen LogP contribution is 2.27. The van der Waals surface area contributed by atoms with Gasteiger partial charge < -0.3 is 14.4 Å². The van der Waals surface area contributed by atoms with Crippen molar-refractivity contribution >= 4 is 15.9 Å². The van der Waals surface area contributed by atoms with Gasteiger partial charge in [0.15, 0.2) is 0 Å². The molecule has 0 amide bonds. The summed E-state index contributed by atoms with van der Waals surface area (Å²) < 4.78 is 12.3. The van der Waals surface area contributed by atoms with E-state index in [-0.39, 0.29) is 6.10 Å². The molecule has 2 unspecified atom stereocenters. The molecule has 0 bridgehead atoms. The Morgan fingerprint density at radius 1 is 1.41 bits per heavy atom. The predicted molar refractivity (Wildman–Crippen MR) is 72.1 cm³/mol. The van der Waals surface area contributed by atoms with Crippen LogP contribution < -0.4 is 0 Å². The van der Waals surface area contributed by atoms with Crippen LogP contribution in [0.4, 0.5) is 0 Å². The van der Waals surface area contributed by atoms with Gasteiger partial charge in [0.2, 0.25) is 0 Å². The molecule has 3 nitrogen and oxygen atoms in total. The van der Waals surface area contributed by atoms with Crippen molar-refractivity contribution < 1.29 is 9.47 Å². The maximum absolute atomic E-state index is 5.67. The van der Waals surface area contributed by atoms with E-state index in [1.54, 1.807) is 0 Å². The van der Waals surface area contributed by atoms with Crippen molar-refractivity contribution in [3.63, 3.8) is 0 Å². The molecular formula is C13H20BrNO2. The summed E-state index contributed by atoms with van der Waals surface area (Å²) in [5.74, 6) is 0. The van der Waals surface area contributed by atoms with E-state index in [0.29, 0.717) is 6.04 Å². The van der Waals surface area contributed by atoms with Gasteiger partial charge in [-0.2, -0.15) is 0 Å². The second-order valence-electron chi connectivity index (χ2n) is 4.73. The van der Waals surface area contributed by atoms with Gasteiger partial charge in [-0.25, -0.2) is 0 Å². The molecule has 2 aliphatic rings. The number of hydrogen-bond acceptors (Lipinski definition) is 3. The molecule has 1 fully saturated rings. The lowest BCUT2D eigenvalue weighted by Gasteiger charge is -2.32. The lowest BCUT2D eigenvalue weighted by Crippen LogP contribution is -2.34. The van der Waals surface area contributed by atoms with E-state index >= 15 is 0 Å². The van der Waals surface area contributed by atoms with Crippen molar-refractivity contribution in [3.8, 4) is 0 Å². The van der Waals surface area contributed by atoms with Crippen molar-refractivity contribution in [2.24, 2.45) is 0 Å². The Labute approximate surface area is 112 Å². The maximum Gasteiger partial charge on any atom is 0.0810 e. The standard InChI is InChI=1S/C13H20BrNO2/c1-10-7-12(14)13(15(2)8-10)4-3-11-9-16-5-6-17-11/h7-8,11,13H,3-6,9H2,1-2H3. The highest BCUT2D eigenvalue weighted by atomic mass is 79.9. The first-order valence-electron chi connectivity index (χ1n) is 6.13. The molecule has 96 valence electrons. The van der Waals surface area contributed by atoms with Crippen LogP contribution in [0.15, 0.2) is 22.3 Å². The zero-order valence-electron chi connectivity index (χ0n) is 10.5. The van der Waals surface area contributed by atoms with Gasteiger partial charge in [0.25, 0.3) is 0 Å². The summed E-state index contributed by atoms with van der Waals surface area (Å²) in [6.45, 7) is 4.34. The highest BCUT2D eigenvalue weighted by Gasteiger charge is 2.22. The largest absolute Gasteiger partial charge is 0.376 e. The van der Waals surface area contributed by atoms with Gasteiger partial charge >= 0.3 is 0 Å². The highest BCUT2D eigenvalue weighted by molar-refractivity contribution is 9.11. The van der Waals surface area contributed by atoms with E-state index in [1.165, 1.54) is 10.1 Å². The SMILES string of the molecule is CC1=CN(C)C(CCC2COCCO2)C(Br)=C1. The lowest BCUT2D eigenvalue weighted by molar-refractivity contribution is -0.0919. The molecule has 0 spiro atoms. The van der Waals surface area contributed by atoms with Crippen molar-refractivity contribution in [1.29, 1.82) is 0 Å². The Bertz CT molecular complexity index is 321. The number of rotatable bonds is 3. The molecule has 4 heteroatoms. The van der Waals surface area contributed by atoms with Crippen molar-refractivity contribution in [2.45, 2.75) is 31.9 Å². The number of allylic oxidation sites excluding steroid dienone is 2. The summed E-state index contributed by atoms with van der Waals surface area (Å²) in [6, 6.07) is 0.434. The summed E-state index contributed by atoms with van der Waals surface area (Å²) in [5, 5.41) is 0. The van der Waals surface area contributed by atoms with Gasteiger partial charge in [0.05, 0.1) is 32.0 Å². The maximum atomic E-state index is 5.67. The third-order valence-corrected chi connectivity index (χ3v) is 3.99. The van der Waals surface area contributed by atoms with Gasteiger partial charge in [0, 0.05) is 17.7 Å². The molecule has 0 saturated carbocycles. The van der Waals surface area contributed by atoms with Gasteiger partial charge in [-0.05, 0) is 31.4 Å². The minimum Gasteiger partial charge on any atom is -0.376 e. The van der Waals surface area contributed by atoms with Crippen molar-refractivity contribution in [1.82, 2.24) is 4.90 Å². The first-order valence-corrected chi connectivity index (χ1v) is 6.93. The van der Waals surface area contributed by atoms with Crippen LogP contribution in [0.3, 0.4) is 0 Å². The third-order valence-electron chi connectivity index (χ3n) is 3.23. The van der Waals surface area contributed by atoms with E-state index in [4.69, 9.17) is 9.47 Å². The molecule has 0 aromatic carbocycles. The van der Waals surface area contributed by atoms with Crippen LogP contribution in [0.2, 0.25) is 0 Å². The fraction of sp³-hybridized carbons (Fsp3) is 0.692. The summed E-state index contributed by atoms with van der Waals surface area (Å²) in [6.07, 6.45) is 6.79. The average molecular weight is 302 g/mol. The van der Waals surface area contributed by atoms with Gasteiger partial charge in [-0.1, -0.05) is 15.9 Å². The van der Waals surface area contributed by atoms with Crippen LogP contribution in [-0.4, -0.2) is 43.9 Å². The van der Waals surface area contributed by atoms with Crippen LogP contribution >= 0.6 is 15.9 Å². The molecule has 0 N–H and O–H groups in total. The first-order chi connectivity index (χ1) is 8.16. The summed E-state index contributed by atoms with van der Waals surface area (Å²) in [5.41, 5.74) is 1.29. The summed E-state index contributed by atoms with van der Waals surface area (Å²) in [4.78, 5) is 2.27. The number of nitrogens with zero attached hydrogens (tertiary/aromatic N) is 1. The van der Waals surface area contributed by atoms with E-state index in [2.05, 4.69) is 47.1 Å². The minimum atomic E-state index is 0.268. The predicted octanol–water partition coefficient (Wildman–Crippen LogP) is 2.68. The molecule has 2 rings (SSSR count). The second kappa shape index (κ2) is 6.03.